The summed E-state index contributed by atoms with van der Waals surface area (Å²) in [7, 11) is 1.40. The van der Waals surface area contributed by atoms with Crippen molar-refractivity contribution in [2.45, 2.75) is 39.2 Å². The van der Waals surface area contributed by atoms with Crippen molar-refractivity contribution in [3.8, 4) is 0 Å². The Morgan fingerprint density at radius 1 is 1.13 bits per heavy atom. The molecule has 126 valence electrons. The van der Waals surface area contributed by atoms with Gasteiger partial charge < -0.3 is 9.64 Å². The molecule has 1 saturated carbocycles. The van der Waals surface area contributed by atoms with E-state index in [1.54, 1.807) is 0 Å². The second-order valence-corrected chi connectivity index (χ2v) is 6.26. The second-order valence-electron chi connectivity index (χ2n) is 6.26. The molecule has 3 aliphatic heterocycles. The summed E-state index contributed by atoms with van der Waals surface area (Å²) in [5.41, 5.74) is 0. The Labute approximate surface area is 137 Å². The largest absolute Gasteiger partial charge is 0.467 e. The lowest BCUT2D eigenvalue weighted by atomic mass is 10.0. The van der Waals surface area contributed by atoms with Crippen molar-refractivity contribution in [3.63, 3.8) is 0 Å². The molecule has 1 aliphatic carbocycles. The highest BCUT2D eigenvalue weighted by atomic mass is 16.5. The van der Waals surface area contributed by atoms with Crippen molar-refractivity contribution in [1.82, 2.24) is 9.91 Å². The van der Waals surface area contributed by atoms with E-state index in [1.165, 1.54) is 26.4 Å². The van der Waals surface area contributed by atoms with Gasteiger partial charge in [0.1, 0.15) is 11.7 Å². The molecule has 0 spiro atoms. The van der Waals surface area contributed by atoms with Gasteiger partial charge in [0.05, 0.1) is 13.7 Å². The summed E-state index contributed by atoms with van der Waals surface area (Å²) < 4.78 is 4.76. The molecule has 0 aromatic heterocycles. The van der Waals surface area contributed by atoms with Gasteiger partial charge in [-0.15, -0.1) is 0 Å². The molecule has 6 nitrogen and oxygen atoms in total. The minimum atomic E-state index is -0.448. The van der Waals surface area contributed by atoms with Crippen molar-refractivity contribution in [2.75, 3.05) is 26.7 Å². The smallest absolute Gasteiger partial charge is 0.332 e. The molecule has 3 heterocycles. The zero-order valence-corrected chi connectivity index (χ0v) is 14.2. The molecule has 0 amide bonds. The van der Waals surface area contributed by atoms with Crippen LogP contribution in [0.2, 0.25) is 0 Å². The Bertz CT molecular complexity index is 543. The number of ether oxygens (including phenoxy) is 1. The van der Waals surface area contributed by atoms with Crippen LogP contribution in [0.3, 0.4) is 0 Å². The molecule has 0 N–H and O–H groups in total. The first kappa shape index (κ1) is 16.0. The number of methoxy groups -OCH3 is 1. The third-order valence-corrected chi connectivity index (χ3v) is 5.03. The van der Waals surface area contributed by atoms with Crippen LogP contribution in [0.25, 0.3) is 0 Å². The zero-order chi connectivity index (χ0) is 16.4. The summed E-state index contributed by atoms with van der Waals surface area (Å²) in [6.45, 7) is 6.72. The highest BCUT2D eigenvalue weighted by Gasteiger charge is 2.38. The average Bonchev–Trinajstić information content (AvgIpc) is 3.28. The standard InChI is InChI=1S/C15H20N4O2.C2H6/c1-21-15(20)12-9-19-13(16-12)5-6-14(17-19)18-7-10-3-2-4-11(10)8-18;1-2/h5-6,10-12H,2-4,7-9H2,1H3;1-2H3. The maximum atomic E-state index is 11.6. The molecule has 1 saturated heterocycles. The summed E-state index contributed by atoms with van der Waals surface area (Å²) in [6, 6.07) is -0.448. The molecule has 0 bridgehead atoms. The molecule has 0 aromatic carbocycles. The average molecular weight is 318 g/mol. The van der Waals surface area contributed by atoms with Crippen LogP contribution in [0, 0.1) is 11.8 Å². The number of hydrazone groups is 1. The summed E-state index contributed by atoms with van der Waals surface area (Å²) in [6.07, 6.45) is 8.09. The van der Waals surface area contributed by atoms with Gasteiger partial charge in [0.25, 0.3) is 0 Å². The zero-order valence-electron chi connectivity index (χ0n) is 14.2. The lowest BCUT2D eigenvalue weighted by Gasteiger charge is -2.25. The number of likely N-dealkylation sites (tertiary alicyclic amines) is 1. The molecular formula is C17H26N4O2. The fourth-order valence-corrected chi connectivity index (χ4v) is 3.91. The van der Waals surface area contributed by atoms with Crippen LogP contribution < -0.4 is 0 Å². The second kappa shape index (κ2) is 6.72. The first-order valence-electron chi connectivity index (χ1n) is 8.69. The van der Waals surface area contributed by atoms with E-state index in [0.717, 1.165) is 36.6 Å². The topological polar surface area (TPSA) is 57.5 Å². The third-order valence-electron chi connectivity index (χ3n) is 5.03. The van der Waals surface area contributed by atoms with Crippen molar-refractivity contribution >= 4 is 17.6 Å². The highest BCUT2D eigenvalue weighted by molar-refractivity contribution is 6.06. The third kappa shape index (κ3) is 2.99. The fraction of sp³-hybridized carbons (Fsp3) is 0.706. The van der Waals surface area contributed by atoms with Gasteiger partial charge in [0.2, 0.25) is 0 Å². The van der Waals surface area contributed by atoms with E-state index in [2.05, 4.69) is 15.0 Å². The summed E-state index contributed by atoms with van der Waals surface area (Å²) in [5.74, 6) is 3.16. The van der Waals surface area contributed by atoms with E-state index in [4.69, 9.17) is 4.74 Å². The molecule has 3 unspecified atom stereocenters. The molecule has 0 radical (unpaired) electrons. The van der Waals surface area contributed by atoms with Crippen LogP contribution >= 0.6 is 0 Å². The number of carbonyl (C=O) groups is 1. The van der Waals surface area contributed by atoms with E-state index in [1.807, 2.05) is 31.0 Å². The van der Waals surface area contributed by atoms with Crippen LogP contribution in [0.4, 0.5) is 0 Å². The molecule has 4 aliphatic rings. The van der Waals surface area contributed by atoms with Crippen LogP contribution in [0.15, 0.2) is 22.2 Å². The van der Waals surface area contributed by atoms with E-state index < -0.39 is 6.04 Å². The number of rotatable bonds is 1. The number of fused-ring (bicyclic) bond motifs is 2. The van der Waals surface area contributed by atoms with Crippen LogP contribution in [-0.4, -0.2) is 60.3 Å². The minimum absolute atomic E-state index is 0.294. The van der Waals surface area contributed by atoms with Crippen molar-refractivity contribution in [3.05, 3.63) is 12.2 Å². The molecule has 4 rings (SSSR count). The Kier molecular flexibility index (Phi) is 4.68. The lowest BCUT2D eigenvalue weighted by molar-refractivity contribution is -0.141. The minimum Gasteiger partial charge on any atom is -0.467 e. The van der Waals surface area contributed by atoms with E-state index in [9.17, 15) is 4.79 Å². The SMILES string of the molecule is CC.COC(=O)C1CN2N=C(N3CC4CCCC4C3)C=CC2=N1. The van der Waals surface area contributed by atoms with Gasteiger partial charge in [-0.25, -0.2) is 14.8 Å². The molecule has 3 atom stereocenters. The number of amidine groups is 2. The van der Waals surface area contributed by atoms with Crippen molar-refractivity contribution < 1.29 is 9.53 Å². The predicted octanol–water partition coefficient (Wildman–Crippen LogP) is 1.88. The molecule has 0 aromatic rings. The van der Waals surface area contributed by atoms with Gasteiger partial charge in [0.15, 0.2) is 6.04 Å². The first-order valence-corrected chi connectivity index (χ1v) is 8.69. The maximum absolute atomic E-state index is 11.6. The molecular weight excluding hydrogens is 292 g/mol. The summed E-state index contributed by atoms with van der Waals surface area (Å²) >= 11 is 0. The Balaban J connectivity index is 0.000000753. The van der Waals surface area contributed by atoms with Crippen molar-refractivity contribution in [1.29, 1.82) is 0 Å². The first-order chi connectivity index (χ1) is 11.2. The number of hydrogen-bond donors (Lipinski definition) is 0. The van der Waals surface area contributed by atoms with E-state index in [0.29, 0.717) is 6.54 Å². The maximum Gasteiger partial charge on any atom is 0.332 e. The number of carbonyl (C=O) groups excluding carboxylic acids is 1. The van der Waals surface area contributed by atoms with Gasteiger partial charge in [-0.2, -0.15) is 5.10 Å². The fourth-order valence-electron chi connectivity index (χ4n) is 3.91. The molecule has 2 fully saturated rings. The van der Waals surface area contributed by atoms with Crippen LogP contribution in [0.1, 0.15) is 33.1 Å². The number of esters is 1. The van der Waals surface area contributed by atoms with Gasteiger partial charge >= 0.3 is 5.97 Å². The Morgan fingerprint density at radius 2 is 1.78 bits per heavy atom. The molecule has 23 heavy (non-hydrogen) atoms. The predicted molar refractivity (Wildman–Crippen MR) is 90.3 cm³/mol. The van der Waals surface area contributed by atoms with Crippen LogP contribution in [-0.2, 0) is 9.53 Å². The van der Waals surface area contributed by atoms with Crippen LogP contribution in [0.5, 0.6) is 0 Å². The van der Waals surface area contributed by atoms with Gasteiger partial charge in [-0.1, -0.05) is 20.3 Å². The lowest BCUT2D eigenvalue weighted by Crippen LogP contribution is -2.36. The van der Waals surface area contributed by atoms with Crippen molar-refractivity contribution in [2.24, 2.45) is 21.9 Å². The summed E-state index contributed by atoms with van der Waals surface area (Å²) in [5, 5.41) is 6.49. The quantitative estimate of drug-likeness (QED) is 0.693. The monoisotopic (exact) mass is 318 g/mol. The highest BCUT2D eigenvalue weighted by Crippen LogP contribution is 2.38. The van der Waals surface area contributed by atoms with E-state index >= 15 is 0 Å². The van der Waals surface area contributed by atoms with Gasteiger partial charge in [-0.3, -0.25) is 0 Å². The van der Waals surface area contributed by atoms with Gasteiger partial charge in [0, 0.05) is 13.1 Å². The number of hydrogen-bond acceptors (Lipinski definition) is 6. The van der Waals surface area contributed by atoms with E-state index in [-0.39, 0.29) is 5.97 Å². The number of aliphatic imine (C=N–C) groups is 1. The Hall–Kier alpha value is -1.85. The number of nitrogens with zero attached hydrogens (tertiary/aromatic N) is 4. The molecule has 6 heteroatoms. The van der Waals surface area contributed by atoms with Gasteiger partial charge in [-0.05, 0) is 36.8 Å². The normalized spacial score (nSPS) is 31.0. The summed E-state index contributed by atoms with van der Waals surface area (Å²) in [4.78, 5) is 18.3. The Morgan fingerprint density at radius 3 is 2.43 bits per heavy atom.